The summed E-state index contributed by atoms with van der Waals surface area (Å²) in [6, 6.07) is 13.6. The third-order valence-electron chi connectivity index (χ3n) is 3.02. The van der Waals surface area contributed by atoms with Gasteiger partial charge in [-0.15, -0.1) is 0 Å². The van der Waals surface area contributed by atoms with Crippen LogP contribution in [0.15, 0.2) is 48.7 Å². The number of methoxy groups -OCH3 is 2. The van der Waals surface area contributed by atoms with Crippen molar-refractivity contribution in [2.45, 2.75) is 6.42 Å². The van der Waals surface area contributed by atoms with Gasteiger partial charge in [-0.25, -0.2) is 18.8 Å². The first-order valence-corrected chi connectivity index (χ1v) is 7.84. The Bertz CT molecular complexity index is 608. The van der Waals surface area contributed by atoms with Crippen molar-refractivity contribution >= 4 is 23.9 Å². The number of aromatic nitrogens is 1. The van der Waals surface area contributed by atoms with Gasteiger partial charge in [-0.3, -0.25) is 0 Å². The SMILES string of the molecule is COC(=O)N(SNCCc1ccccc1)c1ccc(OC)nc1. The van der Waals surface area contributed by atoms with E-state index in [1.807, 2.05) is 18.2 Å². The second-order valence-electron chi connectivity index (χ2n) is 4.54. The van der Waals surface area contributed by atoms with Gasteiger partial charge < -0.3 is 9.47 Å². The number of ether oxygens (including phenoxy) is 2. The van der Waals surface area contributed by atoms with Crippen LogP contribution in [0, 0.1) is 0 Å². The van der Waals surface area contributed by atoms with Gasteiger partial charge in [0, 0.05) is 24.7 Å². The molecule has 0 saturated carbocycles. The lowest BCUT2D eigenvalue weighted by Gasteiger charge is -2.19. The quantitative estimate of drug-likeness (QED) is 0.621. The van der Waals surface area contributed by atoms with E-state index in [-0.39, 0.29) is 0 Å². The van der Waals surface area contributed by atoms with Crippen LogP contribution >= 0.6 is 12.1 Å². The Balaban J connectivity index is 1.91. The average Bonchev–Trinajstić information content (AvgIpc) is 2.62. The molecule has 122 valence electrons. The molecule has 1 aromatic carbocycles. The summed E-state index contributed by atoms with van der Waals surface area (Å²) in [5.41, 5.74) is 1.84. The first kappa shape index (κ1) is 17.1. The van der Waals surface area contributed by atoms with Crippen molar-refractivity contribution in [3.8, 4) is 5.88 Å². The second kappa shape index (κ2) is 9.02. The first-order valence-electron chi connectivity index (χ1n) is 7.06. The van der Waals surface area contributed by atoms with Gasteiger partial charge in [-0.05, 0) is 18.1 Å². The normalized spacial score (nSPS) is 10.2. The van der Waals surface area contributed by atoms with Gasteiger partial charge in [-0.1, -0.05) is 30.3 Å². The van der Waals surface area contributed by atoms with E-state index >= 15 is 0 Å². The maximum Gasteiger partial charge on any atom is 0.425 e. The highest BCUT2D eigenvalue weighted by Gasteiger charge is 2.17. The minimum absolute atomic E-state index is 0.478. The Morgan fingerprint density at radius 1 is 1.22 bits per heavy atom. The minimum atomic E-state index is -0.478. The Hall–Kier alpha value is -2.25. The van der Waals surface area contributed by atoms with Crippen molar-refractivity contribution in [2.24, 2.45) is 0 Å². The van der Waals surface area contributed by atoms with Crippen molar-refractivity contribution in [2.75, 3.05) is 25.1 Å². The highest BCUT2D eigenvalue weighted by molar-refractivity contribution is 7.99. The molecule has 0 aliphatic rings. The standard InChI is InChI=1S/C16H19N3O3S/c1-21-15-9-8-14(12-17-15)19(16(20)22-2)23-18-11-10-13-6-4-3-5-7-13/h3-9,12,18H,10-11H2,1-2H3. The zero-order chi connectivity index (χ0) is 16.5. The van der Waals surface area contributed by atoms with Crippen LogP contribution in [0.5, 0.6) is 5.88 Å². The predicted octanol–water partition coefficient (Wildman–Crippen LogP) is 3.06. The van der Waals surface area contributed by atoms with Gasteiger partial charge in [0.2, 0.25) is 5.88 Å². The maximum atomic E-state index is 11.9. The molecule has 0 spiro atoms. The summed E-state index contributed by atoms with van der Waals surface area (Å²) in [7, 11) is 2.89. The fourth-order valence-electron chi connectivity index (χ4n) is 1.84. The van der Waals surface area contributed by atoms with Crippen molar-refractivity contribution in [1.82, 2.24) is 9.71 Å². The van der Waals surface area contributed by atoms with Gasteiger partial charge in [0.1, 0.15) is 0 Å². The van der Waals surface area contributed by atoms with Gasteiger partial charge >= 0.3 is 6.09 Å². The minimum Gasteiger partial charge on any atom is -0.481 e. The molecule has 0 radical (unpaired) electrons. The highest BCUT2D eigenvalue weighted by atomic mass is 32.2. The molecule has 0 bridgehead atoms. The smallest absolute Gasteiger partial charge is 0.425 e. The van der Waals surface area contributed by atoms with Gasteiger partial charge in [0.15, 0.2) is 0 Å². The fraction of sp³-hybridized carbons (Fsp3) is 0.250. The van der Waals surface area contributed by atoms with Gasteiger partial charge in [-0.2, -0.15) is 0 Å². The molecule has 7 heteroatoms. The highest BCUT2D eigenvalue weighted by Crippen LogP contribution is 2.22. The number of nitrogens with one attached hydrogen (secondary N) is 1. The van der Waals surface area contributed by atoms with E-state index in [1.165, 1.54) is 29.1 Å². The number of pyridine rings is 1. The summed E-state index contributed by atoms with van der Waals surface area (Å²) in [6.45, 7) is 0.714. The molecule has 1 N–H and O–H groups in total. The monoisotopic (exact) mass is 333 g/mol. The van der Waals surface area contributed by atoms with E-state index in [1.54, 1.807) is 25.4 Å². The Morgan fingerprint density at radius 3 is 2.61 bits per heavy atom. The Morgan fingerprint density at radius 2 is 2.00 bits per heavy atom. The number of benzene rings is 1. The van der Waals surface area contributed by atoms with Crippen molar-refractivity contribution in [1.29, 1.82) is 0 Å². The number of hydrogen-bond acceptors (Lipinski definition) is 6. The number of carbonyl (C=O) groups is 1. The summed E-state index contributed by atoms with van der Waals surface area (Å²) in [5.74, 6) is 0.487. The number of nitrogens with zero attached hydrogens (tertiary/aromatic N) is 2. The van der Waals surface area contributed by atoms with Crippen LogP contribution in [0.2, 0.25) is 0 Å². The van der Waals surface area contributed by atoms with Crippen molar-refractivity contribution in [3.63, 3.8) is 0 Å². The van der Waals surface area contributed by atoms with Gasteiger partial charge in [0.25, 0.3) is 0 Å². The molecule has 0 unspecified atom stereocenters. The predicted molar refractivity (Wildman–Crippen MR) is 91.4 cm³/mol. The molecule has 0 fully saturated rings. The molecule has 23 heavy (non-hydrogen) atoms. The lowest BCUT2D eigenvalue weighted by atomic mass is 10.2. The molecule has 1 aromatic heterocycles. The van der Waals surface area contributed by atoms with E-state index in [0.717, 1.165) is 6.42 Å². The number of hydrogen-bond donors (Lipinski definition) is 1. The Kier molecular flexibility index (Phi) is 6.71. The third kappa shape index (κ3) is 5.15. The summed E-state index contributed by atoms with van der Waals surface area (Å²) in [6.07, 6.45) is 1.94. The largest absolute Gasteiger partial charge is 0.481 e. The lowest BCUT2D eigenvalue weighted by Crippen LogP contribution is -2.28. The number of carbonyl (C=O) groups excluding carboxylic acids is 1. The number of rotatable bonds is 7. The zero-order valence-electron chi connectivity index (χ0n) is 13.1. The fourth-order valence-corrected chi connectivity index (χ4v) is 2.53. The summed E-state index contributed by atoms with van der Waals surface area (Å²) in [5, 5.41) is 0. The molecule has 0 atom stereocenters. The maximum absolute atomic E-state index is 11.9. The zero-order valence-corrected chi connectivity index (χ0v) is 13.9. The molecular formula is C16H19N3O3S. The first-order chi connectivity index (χ1) is 11.2. The van der Waals surface area contributed by atoms with E-state index in [0.29, 0.717) is 18.1 Å². The number of anilines is 1. The molecule has 1 heterocycles. The topological polar surface area (TPSA) is 63.7 Å². The van der Waals surface area contributed by atoms with Crippen LogP contribution in [-0.2, 0) is 11.2 Å². The number of amides is 1. The van der Waals surface area contributed by atoms with Crippen LogP contribution in [0.4, 0.5) is 10.5 Å². The summed E-state index contributed by atoms with van der Waals surface area (Å²) in [4.78, 5) is 16.0. The van der Waals surface area contributed by atoms with E-state index in [2.05, 4.69) is 21.8 Å². The van der Waals surface area contributed by atoms with Crippen LogP contribution < -0.4 is 13.8 Å². The molecule has 2 rings (SSSR count). The van der Waals surface area contributed by atoms with Crippen molar-refractivity contribution < 1.29 is 14.3 Å². The molecule has 1 amide bonds. The summed E-state index contributed by atoms with van der Waals surface area (Å²) >= 11 is 1.17. The average molecular weight is 333 g/mol. The Labute approximate surface area is 140 Å². The molecule has 2 aromatic rings. The van der Waals surface area contributed by atoms with Crippen LogP contribution in [0.1, 0.15) is 5.56 Å². The molecule has 0 saturated heterocycles. The van der Waals surface area contributed by atoms with Gasteiger partial charge in [0.05, 0.1) is 26.1 Å². The molecule has 6 nitrogen and oxygen atoms in total. The van der Waals surface area contributed by atoms with E-state index in [4.69, 9.17) is 9.47 Å². The van der Waals surface area contributed by atoms with Crippen molar-refractivity contribution in [3.05, 3.63) is 54.2 Å². The van der Waals surface area contributed by atoms with E-state index < -0.39 is 6.09 Å². The lowest BCUT2D eigenvalue weighted by molar-refractivity contribution is 0.183. The van der Waals surface area contributed by atoms with E-state index in [9.17, 15) is 4.79 Å². The molecule has 0 aliphatic carbocycles. The second-order valence-corrected chi connectivity index (χ2v) is 5.38. The summed E-state index contributed by atoms with van der Waals surface area (Å²) < 4.78 is 14.4. The van der Waals surface area contributed by atoms with Crippen LogP contribution in [-0.4, -0.2) is 31.8 Å². The molecular weight excluding hydrogens is 314 g/mol. The van der Waals surface area contributed by atoms with Crippen LogP contribution in [0.25, 0.3) is 0 Å². The third-order valence-corrected chi connectivity index (χ3v) is 3.89. The van der Waals surface area contributed by atoms with Crippen LogP contribution in [0.3, 0.4) is 0 Å². The molecule has 0 aliphatic heterocycles.